The van der Waals surface area contributed by atoms with Crippen LogP contribution in [0.4, 0.5) is 0 Å². The Bertz CT molecular complexity index is 797. The van der Waals surface area contributed by atoms with Crippen LogP contribution in [0, 0.1) is 0 Å². The van der Waals surface area contributed by atoms with E-state index in [9.17, 15) is 9.59 Å². The fourth-order valence-electron chi connectivity index (χ4n) is 3.07. The Morgan fingerprint density at radius 3 is 2.27 bits per heavy atom. The molecule has 6 nitrogen and oxygen atoms in total. The Balaban J connectivity index is 2.75. The van der Waals surface area contributed by atoms with Crippen LogP contribution in [-0.4, -0.2) is 32.8 Å². The second kappa shape index (κ2) is 8.27. The number of carbonyl (C=O) groups excluding carboxylic acids is 2. The zero-order valence-electron chi connectivity index (χ0n) is 15.4. The van der Waals surface area contributed by atoms with Crippen molar-refractivity contribution in [2.24, 2.45) is 0 Å². The molecule has 0 spiro atoms. The van der Waals surface area contributed by atoms with Crippen molar-refractivity contribution in [3.05, 3.63) is 51.3 Å². The van der Waals surface area contributed by atoms with Gasteiger partial charge in [0.15, 0.2) is 0 Å². The number of dihydropyridines is 1. The van der Waals surface area contributed by atoms with Gasteiger partial charge in [-0.15, -0.1) is 0 Å². The average molecular weight is 380 g/mol. The summed E-state index contributed by atoms with van der Waals surface area (Å²) in [7, 11) is 2.80. The first-order valence-corrected chi connectivity index (χ1v) is 8.51. The topological polar surface area (TPSA) is 73.9 Å². The molecule has 1 unspecified atom stereocenters. The van der Waals surface area contributed by atoms with Crippen LogP contribution >= 0.6 is 11.6 Å². The van der Waals surface area contributed by atoms with E-state index in [4.69, 9.17) is 25.8 Å². The lowest BCUT2D eigenvalue weighted by molar-refractivity contribution is -0.139. The quantitative estimate of drug-likeness (QED) is 0.791. The molecule has 1 aromatic carbocycles. The molecule has 1 aliphatic heterocycles. The van der Waals surface area contributed by atoms with Crippen molar-refractivity contribution in [3.8, 4) is 5.75 Å². The summed E-state index contributed by atoms with van der Waals surface area (Å²) in [5, 5.41) is 3.39. The average Bonchev–Trinajstić information content (AvgIpc) is 2.61. The van der Waals surface area contributed by atoms with Crippen molar-refractivity contribution in [3.63, 3.8) is 0 Å². The van der Waals surface area contributed by atoms with Crippen LogP contribution in [0.3, 0.4) is 0 Å². The Kier molecular flexibility index (Phi) is 6.32. The number of rotatable bonds is 5. The van der Waals surface area contributed by atoms with Gasteiger partial charge in [0, 0.05) is 11.4 Å². The van der Waals surface area contributed by atoms with Gasteiger partial charge in [-0.3, -0.25) is 0 Å². The highest BCUT2D eigenvalue weighted by molar-refractivity contribution is 6.33. The van der Waals surface area contributed by atoms with Crippen LogP contribution in [-0.2, 0) is 19.1 Å². The number of hydrogen-bond acceptors (Lipinski definition) is 6. The number of methoxy groups -OCH3 is 2. The lowest BCUT2D eigenvalue weighted by Gasteiger charge is -2.30. The molecular formula is C19H22ClNO5. The molecule has 26 heavy (non-hydrogen) atoms. The highest BCUT2D eigenvalue weighted by atomic mass is 35.5. The molecule has 1 N–H and O–H groups in total. The fraction of sp³-hybridized carbons (Fsp3) is 0.368. The third-order valence-corrected chi connectivity index (χ3v) is 4.59. The van der Waals surface area contributed by atoms with Gasteiger partial charge in [0.25, 0.3) is 0 Å². The third-order valence-electron chi connectivity index (χ3n) is 4.19. The molecule has 1 heterocycles. The van der Waals surface area contributed by atoms with Crippen molar-refractivity contribution in [2.45, 2.75) is 26.7 Å². The Morgan fingerprint density at radius 2 is 1.73 bits per heavy atom. The molecule has 0 fully saturated rings. The molecule has 0 radical (unpaired) electrons. The van der Waals surface area contributed by atoms with Gasteiger partial charge in [-0.1, -0.05) is 23.7 Å². The lowest BCUT2D eigenvalue weighted by Crippen LogP contribution is -2.32. The molecule has 2 rings (SSSR count). The van der Waals surface area contributed by atoms with Crippen molar-refractivity contribution < 1.29 is 23.8 Å². The van der Waals surface area contributed by atoms with Gasteiger partial charge in [0.05, 0.1) is 42.9 Å². The summed E-state index contributed by atoms with van der Waals surface area (Å²) in [5.41, 5.74) is 2.36. The highest BCUT2D eigenvalue weighted by Gasteiger charge is 2.39. The summed E-state index contributed by atoms with van der Waals surface area (Å²) in [6, 6.07) is 5.22. The van der Waals surface area contributed by atoms with E-state index in [1.165, 1.54) is 14.2 Å². The lowest BCUT2D eigenvalue weighted by atomic mass is 9.80. The first kappa shape index (κ1) is 19.8. The molecule has 0 saturated heterocycles. The molecule has 140 valence electrons. The van der Waals surface area contributed by atoms with E-state index in [1.54, 1.807) is 39.0 Å². The number of halogens is 1. The number of carbonyl (C=O) groups is 2. The minimum atomic E-state index is -0.731. The van der Waals surface area contributed by atoms with Gasteiger partial charge in [-0.05, 0) is 32.4 Å². The minimum Gasteiger partial charge on any atom is -0.495 e. The largest absolute Gasteiger partial charge is 0.495 e. The standard InChI is InChI=1S/C19H22ClNO5/c1-6-26-19(23)15-11(3)21-10(2)14(18(22)25-5)16(15)12-8-7-9-13(24-4)17(12)20/h7-9,16,21H,6H2,1-5H3. The van der Waals surface area contributed by atoms with Crippen LogP contribution in [0.5, 0.6) is 5.75 Å². The van der Waals surface area contributed by atoms with E-state index >= 15 is 0 Å². The number of esters is 2. The van der Waals surface area contributed by atoms with Crippen molar-refractivity contribution in [1.82, 2.24) is 5.32 Å². The number of benzene rings is 1. The van der Waals surface area contributed by atoms with Crippen molar-refractivity contribution in [1.29, 1.82) is 0 Å². The number of allylic oxidation sites excluding steroid dienone is 2. The van der Waals surface area contributed by atoms with Crippen LogP contribution < -0.4 is 10.1 Å². The zero-order valence-corrected chi connectivity index (χ0v) is 16.2. The maximum Gasteiger partial charge on any atom is 0.336 e. The molecule has 0 amide bonds. The van der Waals surface area contributed by atoms with Crippen LogP contribution in [0.15, 0.2) is 40.7 Å². The van der Waals surface area contributed by atoms with Crippen LogP contribution in [0.25, 0.3) is 0 Å². The number of nitrogens with one attached hydrogen (secondary N) is 1. The van der Waals surface area contributed by atoms with Crippen LogP contribution in [0.2, 0.25) is 5.02 Å². The molecule has 7 heteroatoms. The first-order chi connectivity index (χ1) is 12.4. The van der Waals surface area contributed by atoms with Crippen LogP contribution in [0.1, 0.15) is 32.3 Å². The molecular weight excluding hydrogens is 358 g/mol. The van der Waals surface area contributed by atoms with E-state index < -0.39 is 17.9 Å². The predicted molar refractivity (Wildman–Crippen MR) is 97.9 cm³/mol. The van der Waals surface area contributed by atoms with Gasteiger partial charge < -0.3 is 19.5 Å². The Hall–Kier alpha value is -2.47. The summed E-state index contributed by atoms with van der Waals surface area (Å²) < 4.78 is 15.4. The van der Waals surface area contributed by atoms with E-state index in [1.807, 2.05) is 0 Å². The number of ether oxygens (including phenoxy) is 3. The minimum absolute atomic E-state index is 0.213. The van der Waals surface area contributed by atoms with E-state index in [0.717, 1.165) is 0 Å². The van der Waals surface area contributed by atoms with Crippen molar-refractivity contribution in [2.75, 3.05) is 20.8 Å². The van der Waals surface area contributed by atoms with Gasteiger partial charge in [-0.2, -0.15) is 0 Å². The molecule has 0 aliphatic carbocycles. The molecule has 1 aromatic rings. The smallest absolute Gasteiger partial charge is 0.336 e. The molecule has 0 saturated carbocycles. The molecule has 1 atom stereocenters. The monoisotopic (exact) mass is 379 g/mol. The summed E-state index contributed by atoms with van der Waals surface area (Å²) in [6.07, 6.45) is 0. The summed E-state index contributed by atoms with van der Waals surface area (Å²) in [4.78, 5) is 25.1. The first-order valence-electron chi connectivity index (χ1n) is 8.13. The normalized spacial score (nSPS) is 16.9. The summed E-state index contributed by atoms with van der Waals surface area (Å²) in [5.74, 6) is -1.35. The Morgan fingerprint density at radius 1 is 1.12 bits per heavy atom. The van der Waals surface area contributed by atoms with Gasteiger partial charge in [-0.25, -0.2) is 9.59 Å². The van der Waals surface area contributed by atoms with Gasteiger partial charge in [0.1, 0.15) is 5.75 Å². The highest BCUT2D eigenvalue weighted by Crippen LogP contribution is 2.44. The SMILES string of the molecule is CCOC(=O)C1=C(C)NC(C)=C(C(=O)OC)C1c1cccc(OC)c1Cl. The van der Waals surface area contributed by atoms with E-state index in [0.29, 0.717) is 38.9 Å². The second-order valence-electron chi connectivity index (χ2n) is 5.71. The van der Waals surface area contributed by atoms with E-state index in [-0.39, 0.29) is 6.61 Å². The molecule has 0 bridgehead atoms. The Labute approximate surface area is 157 Å². The maximum absolute atomic E-state index is 12.7. The zero-order chi connectivity index (χ0) is 19.4. The predicted octanol–water partition coefficient (Wildman–Crippen LogP) is 3.32. The maximum atomic E-state index is 12.7. The van der Waals surface area contributed by atoms with Crippen molar-refractivity contribution >= 4 is 23.5 Å². The summed E-state index contributed by atoms with van der Waals surface area (Å²) in [6.45, 7) is 5.44. The van der Waals surface area contributed by atoms with E-state index in [2.05, 4.69) is 5.32 Å². The second-order valence-corrected chi connectivity index (χ2v) is 6.09. The third kappa shape index (κ3) is 3.55. The number of hydrogen-bond donors (Lipinski definition) is 1. The summed E-state index contributed by atoms with van der Waals surface area (Å²) >= 11 is 6.50. The van der Waals surface area contributed by atoms with Gasteiger partial charge in [0.2, 0.25) is 0 Å². The molecule has 1 aliphatic rings. The fourth-order valence-corrected chi connectivity index (χ4v) is 3.39. The van der Waals surface area contributed by atoms with Gasteiger partial charge >= 0.3 is 11.9 Å². The molecule has 0 aromatic heterocycles.